The van der Waals surface area contributed by atoms with Crippen LogP contribution in [0.25, 0.3) is 0 Å². The summed E-state index contributed by atoms with van der Waals surface area (Å²) in [6, 6.07) is 10.0. The van der Waals surface area contributed by atoms with Gasteiger partial charge in [-0.2, -0.15) is 5.10 Å². The number of amides is 1. The lowest BCUT2D eigenvalue weighted by Crippen LogP contribution is -2.45. The summed E-state index contributed by atoms with van der Waals surface area (Å²) in [4.78, 5) is 12.6. The Morgan fingerprint density at radius 3 is 2.84 bits per heavy atom. The minimum absolute atomic E-state index is 0.261. The van der Waals surface area contributed by atoms with E-state index < -0.39 is 0 Å². The number of anilines is 1. The molecule has 1 N–H and O–H groups in total. The summed E-state index contributed by atoms with van der Waals surface area (Å²) in [7, 11) is 0. The van der Waals surface area contributed by atoms with E-state index in [-0.39, 0.29) is 11.3 Å². The van der Waals surface area contributed by atoms with Crippen LogP contribution in [0.2, 0.25) is 0 Å². The molecule has 2 aromatic heterocycles. The van der Waals surface area contributed by atoms with Crippen molar-refractivity contribution in [1.82, 2.24) is 14.9 Å². The molecular weight excluding hydrogens is 320 g/mol. The second-order valence-electron chi connectivity index (χ2n) is 6.50. The van der Waals surface area contributed by atoms with Gasteiger partial charge < -0.3 is 14.6 Å². The van der Waals surface area contributed by atoms with Crippen molar-refractivity contribution in [3.8, 4) is 0 Å². The van der Waals surface area contributed by atoms with Crippen LogP contribution in [0, 0.1) is 0 Å². The number of carbonyl (C=O) groups is 1. The fourth-order valence-corrected chi connectivity index (χ4v) is 2.86. The highest BCUT2D eigenvalue weighted by Crippen LogP contribution is 2.33. The molecule has 4 rings (SSSR count). The van der Waals surface area contributed by atoms with Crippen LogP contribution in [-0.4, -0.2) is 34.1 Å². The van der Waals surface area contributed by atoms with Gasteiger partial charge in [-0.05, 0) is 12.5 Å². The Balaban J connectivity index is 1.46. The average Bonchev–Trinajstić information content (AvgIpc) is 3.23. The minimum atomic E-state index is -0.267. The average molecular weight is 338 g/mol. The third-order valence-electron chi connectivity index (χ3n) is 4.31. The molecule has 1 aliphatic heterocycles. The van der Waals surface area contributed by atoms with Gasteiger partial charge in [0.25, 0.3) is 5.91 Å². The van der Waals surface area contributed by atoms with Crippen LogP contribution in [0.1, 0.15) is 28.5 Å². The Kier molecular flexibility index (Phi) is 3.85. The van der Waals surface area contributed by atoms with Crippen LogP contribution in [0.4, 0.5) is 5.69 Å². The molecule has 0 bridgehead atoms. The number of nitrogens with one attached hydrogen (secondary N) is 1. The molecule has 7 nitrogen and oxygen atoms in total. The van der Waals surface area contributed by atoms with E-state index in [0.717, 1.165) is 5.56 Å². The maximum absolute atomic E-state index is 12.6. The quantitative estimate of drug-likeness (QED) is 0.773. The van der Waals surface area contributed by atoms with E-state index in [1.54, 1.807) is 17.1 Å². The Morgan fingerprint density at radius 2 is 2.12 bits per heavy atom. The molecule has 0 aliphatic carbocycles. The number of rotatable bonds is 5. The largest absolute Gasteiger partial charge is 0.379 e. The molecule has 0 spiro atoms. The molecule has 1 saturated heterocycles. The first-order chi connectivity index (χ1) is 12.1. The SMILES string of the molecule is CC1(c2nocc2C(=O)Nc2cnn(Cc3ccccc3)c2)COC1. The molecule has 7 heteroatoms. The van der Waals surface area contributed by atoms with Crippen LogP contribution in [0.5, 0.6) is 0 Å². The highest BCUT2D eigenvalue weighted by molar-refractivity contribution is 6.04. The zero-order valence-electron chi connectivity index (χ0n) is 13.8. The van der Waals surface area contributed by atoms with Gasteiger partial charge in [-0.25, -0.2) is 0 Å². The molecule has 3 aromatic rings. The van der Waals surface area contributed by atoms with Crippen molar-refractivity contribution in [3.63, 3.8) is 0 Å². The number of carbonyl (C=O) groups excluding carboxylic acids is 1. The lowest BCUT2D eigenvalue weighted by Gasteiger charge is -2.36. The number of benzene rings is 1. The van der Waals surface area contributed by atoms with Crippen molar-refractivity contribution < 1.29 is 14.1 Å². The predicted molar refractivity (Wildman–Crippen MR) is 90.4 cm³/mol. The molecule has 1 aliphatic rings. The zero-order valence-corrected chi connectivity index (χ0v) is 13.8. The maximum atomic E-state index is 12.6. The molecular formula is C18H18N4O3. The summed E-state index contributed by atoms with van der Waals surface area (Å²) in [5.74, 6) is -0.261. The van der Waals surface area contributed by atoms with E-state index in [4.69, 9.17) is 9.26 Å². The van der Waals surface area contributed by atoms with E-state index in [2.05, 4.69) is 15.6 Å². The van der Waals surface area contributed by atoms with Gasteiger partial charge in [0.1, 0.15) is 17.5 Å². The highest BCUT2D eigenvalue weighted by atomic mass is 16.5. The minimum Gasteiger partial charge on any atom is -0.379 e. The van der Waals surface area contributed by atoms with E-state index in [1.165, 1.54) is 6.26 Å². The van der Waals surface area contributed by atoms with E-state index in [0.29, 0.717) is 36.7 Å². The van der Waals surface area contributed by atoms with Crippen molar-refractivity contribution in [2.45, 2.75) is 18.9 Å². The lowest BCUT2D eigenvalue weighted by molar-refractivity contribution is -0.0534. The monoisotopic (exact) mass is 338 g/mol. The first kappa shape index (κ1) is 15.6. The van der Waals surface area contributed by atoms with Crippen LogP contribution < -0.4 is 5.32 Å². The molecule has 1 fully saturated rings. The third kappa shape index (κ3) is 3.06. The van der Waals surface area contributed by atoms with Crippen molar-refractivity contribution in [2.75, 3.05) is 18.5 Å². The number of hydrogen-bond donors (Lipinski definition) is 1. The van der Waals surface area contributed by atoms with Gasteiger partial charge in [-0.1, -0.05) is 35.5 Å². The summed E-state index contributed by atoms with van der Waals surface area (Å²) in [5, 5.41) is 11.1. The van der Waals surface area contributed by atoms with Gasteiger partial charge >= 0.3 is 0 Å². The summed E-state index contributed by atoms with van der Waals surface area (Å²) in [6.07, 6.45) is 4.80. The number of aromatic nitrogens is 3. The first-order valence-corrected chi connectivity index (χ1v) is 8.04. The predicted octanol–water partition coefficient (Wildman–Crippen LogP) is 2.46. The number of ether oxygens (including phenoxy) is 1. The molecule has 3 heterocycles. The van der Waals surface area contributed by atoms with Gasteiger partial charge in [0.05, 0.1) is 37.1 Å². The lowest BCUT2D eigenvalue weighted by atomic mass is 9.83. The zero-order chi connectivity index (χ0) is 17.3. The molecule has 0 radical (unpaired) electrons. The Labute approximate surface area is 144 Å². The molecule has 1 amide bonds. The molecule has 0 unspecified atom stereocenters. The molecule has 25 heavy (non-hydrogen) atoms. The Hall–Kier alpha value is -2.93. The highest BCUT2D eigenvalue weighted by Gasteiger charge is 2.41. The van der Waals surface area contributed by atoms with Crippen molar-refractivity contribution in [2.24, 2.45) is 0 Å². The van der Waals surface area contributed by atoms with Gasteiger partial charge in [0.15, 0.2) is 0 Å². The van der Waals surface area contributed by atoms with Crippen LogP contribution in [0.3, 0.4) is 0 Å². The normalized spacial score (nSPS) is 15.6. The fourth-order valence-electron chi connectivity index (χ4n) is 2.86. The standard InChI is InChI=1S/C18H18N4O3/c1-18(11-24-12-18)16-15(10-25-21-16)17(23)20-14-7-19-22(9-14)8-13-5-3-2-4-6-13/h2-7,9-10H,8,11-12H2,1H3,(H,20,23). The van der Waals surface area contributed by atoms with Gasteiger partial charge in [0, 0.05) is 6.20 Å². The summed E-state index contributed by atoms with van der Waals surface area (Å²) < 4.78 is 12.0. The second kappa shape index (κ2) is 6.18. The van der Waals surface area contributed by atoms with Gasteiger partial charge in [-0.15, -0.1) is 0 Å². The first-order valence-electron chi connectivity index (χ1n) is 8.04. The van der Waals surface area contributed by atoms with Crippen LogP contribution >= 0.6 is 0 Å². The smallest absolute Gasteiger partial charge is 0.261 e. The number of hydrogen-bond acceptors (Lipinski definition) is 5. The molecule has 128 valence electrons. The van der Waals surface area contributed by atoms with E-state index in [1.807, 2.05) is 37.3 Å². The van der Waals surface area contributed by atoms with Crippen LogP contribution in [-0.2, 0) is 16.7 Å². The van der Waals surface area contributed by atoms with Crippen molar-refractivity contribution in [1.29, 1.82) is 0 Å². The van der Waals surface area contributed by atoms with Crippen molar-refractivity contribution >= 4 is 11.6 Å². The molecule has 1 aromatic carbocycles. The van der Waals surface area contributed by atoms with E-state index in [9.17, 15) is 4.79 Å². The number of nitrogens with zero attached hydrogens (tertiary/aromatic N) is 3. The van der Waals surface area contributed by atoms with Gasteiger partial charge in [-0.3, -0.25) is 9.48 Å². The Bertz CT molecular complexity index is 881. The van der Waals surface area contributed by atoms with E-state index >= 15 is 0 Å². The second-order valence-corrected chi connectivity index (χ2v) is 6.50. The molecule has 0 atom stereocenters. The Morgan fingerprint density at radius 1 is 1.32 bits per heavy atom. The fraction of sp³-hybridized carbons (Fsp3) is 0.278. The van der Waals surface area contributed by atoms with Crippen LogP contribution in [0.15, 0.2) is 53.5 Å². The third-order valence-corrected chi connectivity index (χ3v) is 4.31. The maximum Gasteiger partial charge on any atom is 0.261 e. The summed E-state index contributed by atoms with van der Waals surface area (Å²) in [6.45, 7) is 3.72. The van der Waals surface area contributed by atoms with Gasteiger partial charge in [0.2, 0.25) is 0 Å². The topological polar surface area (TPSA) is 82.2 Å². The summed E-state index contributed by atoms with van der Waals surface area (Å²) in [5.41, 5.74) is 2.57. The van der Waals surface area contributed by atoms with Crippen molar-refractivity contribution in [3.05, 3.63) is 65.8 Å². The molecule has 0 saturated carbocycles. The summed E-state index contributed by atoms with van der Waals surface area (Å²) >= 11 is 0.